The molecule has 0 aromatic carbocycles. The molecule has 172 valence electrons. The maximum atomic E-state index is 12.0. The van der Waals surface area contributed by atoms with Crippen LogP contribution in [-0.2, 0) is 19.0 Å². The third-order valence-corrected chi connectivity index (χ3v) is 5.94. The molecule has 1 aliphatic heterocycles. The first kappa shape index (κ1) is 22.4. The number of ether oxygens (including phenoxy) is 3. The van der Waals surface area contributed by atoms with Crippen LogP contribution in [0.5, 0.6) is 0 Å². The van der Waals surface area contributed by atoms with Gasteiger partial charge in [0.2, 0.25) is 5.60 Å². The van der Waals surface area contributed by atoms with Gasteiger partial charge in [-0.25, -0.2) is 9.50 Å². The molecular weight excluding hydrogens is 420 g/mol. The number of rotatable bonds is 8. The number of hydrogen-bond acceptors (Lipinski definition) is 11. The van der Waals surface area contributed by atoms with Crippen LogP contribution in [0.25, 0.3) is 5.52 Å². The van der Waals surface area contributed by atoms with Crippen molar-refractivity contribution in [3.05, 3.63) is 24.2 Å². The zero-order chi connectivity index (χ0) is 22.9. The maximum absolute atomic E-state index is 12.0. The molecule has 4 rings (SSSR count). The number of nitrogens with one attached hydrogen (secondary N) is 1. The normalized spacial score (nSPS) is 28.9. The van der Waals surface area contributed by atoms with Crippen molar-refractivity contribution in [1.82, 2.24) is 19.9 Å². The summed E-state index contributed by atoms with van der Waals surface area (Å²) in [5, 5.41) is 37.9. The van der Waals surface area contributed by atoms with Gasteiger partial charge in [0.1, 0.15) is 48.4 Å². The molecule has 2 aromatic rings. The summed E-state index contributed by atoms with van der Waals surface area (Å²) in [6, 6.07) is 4.61. The Balaban J connectivity index is 1.37. The number of carbonyl (C=O) groups excluding carboxylic acids is 1. The summed E-state index contributed by atoms with van der Waals surface area (Å²) in [5.74, 6) is -0.132. The van der Waals surface area contributed by atoms with Gasteiger partial charge in [0, 0.05) is 0 Å². The fourth-order valence-electron chi connectivity index (χ4n) is 3.70. The number of nitriles is 1. The number of carbonyl (C=O) groups is 1. The molecule has 12 nitrogen and oxygen atoms in total. The van der Waals surface area contributed by atoms with Crippen molar-refractivity contribution in [2.75, 3.05) is 19.1 Å². The molecule has 0 spiro atoms. The average Bonchev–Trinajstić information content (AvgIpc) is 3.29. The molecule has 2 aromatic heterocycles. The number of nitrogen functional groups attached to an aromatic ring is 1. The van der Waals surface area contributed by atoms with Crippen LogP contribution in [-0.4, -0.2) is 74.1 Å². The van der Waals surface area contributed by atoms with E-state index in [1.54, 1.807) is 19.1 Å². The minimum Gasteiger partial charge on any atom is -0.461 e. The number of nitrogens with two attached hydrogens (primary N) is 1. The van der Waals surface area contributed by atoms with Crippen molar-refractivity contribution in [1.29, 1.82) is 5.26 Å². The molecule has 12 heteroatoms. The lowest BCUT2D eigenvalue weighted by atomic mass is 9.96. The van der Waals surface area contributed by atoms with Gasteiger partial charge in [0.05, 0.1) is 19.0 Å². The highest BCUT2D eigenvalue weighted by molar-refractivity contribution is 5.75. The molecule has 0 unspecified atom stereocenters. The monoisotopic (exact) mass is 446 g/mol. The van der Waals surface area contributed by atoms with Gasteiger partial charge in [-0.15, -0.1) is 0 Å². The largest absolute Gasteiger partial charge is 0.461 e. The minimum absolute atomic E-state index is 0.0132. The zero-order valence-electron chi connectivity index (χ0n) is 17.5. The summed E-state index contributed by atoms with van der Waals surface area (Å²) in [4.78, 5) is 15.9. The zero-order valence-corrected chi connectivity index (χ0v) is 17.5. The van der Waals surface area contributed by atoms with E-state index in [0.717, 1.165) is 19.3 Å². The Kier molecular flexibility index (Phi) is 6.27. The van der Waals surface area contributed by atoms with Crippen LogP contribution in [0.4, 0.5) is 5.82 Å². The van der Waals surface area contributed by atoms with E-state index >= 15 is 0 Å². The number of aromatic nitrogens is 3. The van der Waals surface area contributed by atoms with Gasteiger partial charge in [-0.1, -0.05) is 0 Å². The quantitative estimate of drug-likeness (QED) is 0.231. The van der Waals surface area contributed by atoms with Crippen LogP contribution in [0, 0.1) is 11.3 Å². The van der Waals surface area contributed by atoms with Gasteiger partial charge in [-0.3, -0.25) is 10.1 Å². The summed E-state index contributed by atoms with van der Waals surface area (Å²) in [5.41, 5.74) is 4.93. The first-order valence-corrected chi connectivity index (χ1v) is 10.4. The summed E-state index contributed by atoms with van der Waals surface area (Å²) in [6.07, 6.45) is 0.0815. The number of anilines is 1. The highest BCUT2D eigenvalue weighted by Crippen LogP contribution is 2.40. The summed E-state index contributed by atoms with van der Waals surface area (Å²) in [7, 11) is 0. The van der Waals surface area contributed by atoms with Crippen molar-refractivity contribution in [3.8, 4) is 6.07 Å². The topological polar surface area (TPSA) is 177 Å². The van der Waals surface area contributed by atoms with Crippen LogP contribution in [0.15, 0.2) is 18.5 Å². The molecule has 2 fully saturated rings. The highest BCUT2D eigenvalue weighted by atomic mass is 16.6. The molecule has 0 amide bonds. The number of aliphatic hydroxyl groups excluding tert-OH is 2. The molecule has 1 saturated heterocycles. The lowest BCUT2D eigenvalue weighted by molar-refractivity contribution is -0.156. The van der Waals surface area contributed by atoms with Crippen molar-refractivity contribution in [3.63, 3.8) is 0 Å². The molecule has 0 bridgehead atoms. The van der Waals surface area contributed by atoms with E-state index in [0.29, 0.717) is 11.2 Å². The molecule has 0 radical (unpaired) electrons. The van der Waals surface area contributed by atoms with E-state index in [1.807, 2.05) is 6.07 Å². The van der Waals surface area contributed by atoms with Crippen LogP contribution in [0.1, 0.15) is 38.0 Å². The van der Waals surface area contributed by atoms with Gasteiger partial charge in [0.15, 0.2) is 5.82 Å². The number of esters is 1. The molecule has 5 N–H and O–H groups in total. The van der Waals surface area contributed by atoms with Gasteiger partial charge in [0.25, 0.3) is 0 Å². The van der Waals surface area contributed by atoms with Gasteiger partial charge < -0.3 is 30.2 Å². The van der Waals surface area contributed by atoms with E-state index < -0.39 is 30.0 Å². The Morgan fingerprint density at radius 1 is 1.50 bits per heavy atom. The summed E-state index contributed by atoms with van der Waals surface area (Å²) >= 11 is 0. The fourth-order valence-corrected chi connectivity index (χ4v) is 3.70. The standard InChI is InChI=1S/C20H26N6O6/c1-11(19(29)31-12-3-2-4-12)24-10-30-8-20(7-21)17(28)15(27)16(32-20)13-5-6-14-18(22)23-9-25-26(13)14/h5-6,9,11-12,15-17,24,27-28H,2-4,8,10H2,1H3,(H2,22,23,25)/t11-,15-,16-,17-,20+/m0/s1. The second kappa shape index (κ2) is 8.97. The van der Waals surface area contributed by atoms with E-state index in [9.17, 15) is 20.3 Å². The lowest BCUT2D eigenvalue weighted by Gasteiger charge is -2.27. The van der Waals surface area contributed by atoms with Crippen molar-refractivity contribution in [2.24, 2.45) is 0 Å². The second-order valence-corrected chi connectivity index (χ2v) is 8.08. The van der Waals surface area contributed by atoms with Gasteiger partial charge >= 0.3 is 5.97 Å². The Hall–Kier alpha value is -2.82. The summed E-state index contributed by atoms with van der Waals surface area (Å²) in [6.45, 7) is 1.23. The smallest absolute Gasteiger partial charge is 0.323 e. The molecule has 2 aliphatic rings. The van der Waals surface area contributed by atoms with E-state index in [2.05, 4.69) is 15.4 Å². The Bertz CT molecular complexity index is 1020. The molecule has 32 heavy (non-hydrogen) atoms. The van der Waals surface area contributed by atoms with Gasteiger partial charge in [-0.05, 0) is 38.3 Å². The third-order valence-electron chi connectivity index (χ3n) is 5.94. The minimum atomic E-state index is -1.82. The fraction of sp³-hybridized carbons (Fsp3) is 0.600. The molecule has 5 atom stereocenters. The van der Waals surface area contributed by atoms with E-state index in [4.69, 9.17) is 19.9 Å². The number of aliphatic hydroxyl groups is 2. The first-order valence-electron chi connectivity index (χ1n) is 10.4. The molecule has 1 aliphatic carbocycles. The summed E-state index contributed by atoms with van der Waals surface area (Å²) < 4.78 is 18.1. The lowest BCUT2D eigenvalue weighted by Crippen LogP contribution is -2.47. The number of nitrogens with zero attached hydrogens (tertiary/aromatic N) is 4. The molecule has 3 heterocycles. The van der Waals surface area contributed by atoms with Gasteiger partial charge in [-0.2, -0.15) is 10.4 Å². The van der Waals surface area contributed by atoms with Crippen LogP contribution in [0.3, 0.4) is 0 Å². The van der Waals surface area contributed by atoms with Crippen LogP contribution < -0.4 is 11.1 Å². The van der Waals surface area contributed by atoms with E-state index in [-0.39, 0.29) is 31.2 Å². The second-order valence-electron chi connectivity index (χ2n) is 8.08. The van der Waals surface area contributed by atoms with Crippen LogP contribution in [0.2, 0.25) is 0 Å². The highest BCUT2D eigenvalue weighted by Gasteiger charge is 2.56. The Morgan fingerprint density at radius 2 is 2.28 bits per heavy atom. The first-order chi connectivity index (χ1) is 15.4. The average molecular weight is 446 g/mol. The Labute approximate surface area is 183 Å². The predicted molar refractivity (Wildman–Crippen MR) is 109 cm³/mol. The van der Waals surface area contributed by atoms with Crippen molar-refractivity contribution >= 4 is 17.3 Å². The van der Waals surface area contributed by atoms with Crippen LogP contribution >= 0.6 is 0 Å². The Morgan fingerprint density at radius 3 is 2.97 bits per heavy atom. The molecular formula is C20H26N6O6. The third kappa shape index (κ3) is 4.01. The maximum Gasteiger partial charge on any atom is 0.323 e. The molecule has 1 saturated carbocycles. The predicted octanol–water partition coefficient (Wildman–Crippen LogP) is -0.585. The van der Waals surface area contributed by atoms with E-state index in [1.165, 1.54) is 10.8 Å². The van der Waals surface area contributed by atoms with Crippen molar-refractivity contribution in [2.45, 2.75) is 62.2 Å². The number of fused-ring (bicyclic) bond motifs is 1. The van der Waals surface area contributed by atoms with Crippen molar-refractivity contribution < 1.29 is 29.2 Å². The number of hydrogen-bond donors (Lipinski definition) is 4. The SMILES string of the molecule is C[C@H](NCOC[C@@]1(C#N)O[C@@H](c2ccc3c(N)ncnn23)[C@H](O)[C@@H]1O)C(=O)OC1CCC1.